The first-order valence-corrected chi connectivity index (χ1v) is 35.4. The lowest BCUT2D eigenvalue weighted by Gasteiger charge is -2.44. The maximum atomic E-state index is 15.0. The maximum Gasteiger partial charge on any atom is 0.260 e. The van der Waals surface area contributed by atoms with Crippen LogP contribution in [0.25, 0.3) is 5.69 Å². The number of ether oxygens (including phenoxy) is 6. The number of carbonyl (C=O) groups excluding carboxylic acids is 4. The summed E-state index contributed by atoms with van der Waals surface area (Å²) in [4.78, 5) is 59.6. The second-order valence-corrected chi connectivity index (χ2v) is 26.4. The van der Waals surface area contributed by atoms with Crippen LogP contribution in [0.2, 0.25) is 0 Å². The van der Waals surface area contributed by atoms with Crippen LogP contribution in [0.5, 0.6) is 11.5 Å². The highest BCUT2D eigenvalue weighted by atomic mass is 16.6. The summed E-state index contributed by atoms with van der Waals surface area (Å²) >= 11 is 0. The molecule has 22 heteroatoms. The molecule has 2 aliphatic heterocycles. The number of carbonyl (C=O) groups is 4. The summed E-state index contributed by atoms with van der Waals surface area (Å²) in [7, 11) is 0. The number of aryl methyl sites for hydroxylation is 5. The molecule has 100 heavy (non-hydrogen) atoms. The third-order valence-corrected chi connectivity index (χ3v) is 18.9. The summed E-state index contributed by atoms with van der Waals surface area (Å²) in [5.74, 6) is 0.889. The largest absolute Gasteiger partial charge is 0.456 e. The highest BCUT2D eigenvalue weighted by Crippen LogP contribution is 2.59. The van der Waals surface area contributed by atoms with E-state index in [0.717, 1.165) is 108 Å². The lowest BCUT2D eigenvalue weighted by atomic mass is 9.74. The van der Waals surface area contributed by atoms with Crippen LogP contribution in [0.1, 0.15) is 137 Å². The molecule has 0 saturated heterocycles. The van der Waals surface area contributed by atoms with Crippen LogP contribution < -0.4 is 40.4 Å². The molecule has 1 aliphatic carbocycles. The second-order valence-electron chi connectivity index (χ2n) is 26.4. The average Bonchev–Trinajstić information content (AvgIpc) is 1.47. The molecule has 0 saturated carbocycles. The number of hydrogen-bond acceptors (Lipinski definition) is 16. The van der Waals surface area contributed by atoms with E-state index in [1.54, 1.807) is 10.7 Å². The number of amides is 3. The summed E-state index contributed by atoms with van der Waals surface area (Å²) < 4.78 is 40.8. The fraction of sp³-hybridized carbons (Fsp3) is 0.436. The van der Waals surface area contributed by atoms with Crippen LogP contribution in [0, 0.1) is 12.3 Å². The van der Waals surface area contributed by atoms with Gasteiger partial charge in [-0.2, -0.15) is 5.10 Å². The van der Waals surface area contributed by atoms with Gasteiger partial charge in [0.15, 0.2) is 24.7 Å². The van der Waals surface area contributed by atoms with E-state index in [0.29, 0.717) is 139 Å². The van der Waals surface area contributed by atoms with Crippen molar-refractivity contribution in [3.63, 3.8) is 0 Å². The zero-order chi connectivity index (χ0) is 70.2. The van der Waals surface area contributed by atoms with E-state index in [1.807, 2.05) is 53.0 Å². The molecule has 3 amide bonds. The molecular formula is C78H97N12O10+. The molecule has 0 fully saturated rings. The van der Waals surface area contributed by atoms with Gasteiger partial charge in [-0.05, 0) is 132 Å². The number of hydrogen-bond donors (Lipinski definition) is 3. The minimum atomic E-state index is -0.970. The minimum absolute atomic E-state index is 0.0442. The molecule has 0 unspecified atom stereocenters. The van der Waals surface area contributed by atoms with Gasteiger partial charge in [-0.15, -0.1) is 5.10 Å². The molecule has 5 aromatic carbocycles. The number of benzene rings is 5. The molecular weight excluding hydrogens is 1260 g/mol. The Bertz CT molecular complexity index is 4040. The van der Waals surface area contributed by atoms with Gasteiger partial charge >= 0.3 is 0 Å². The Morgan fingerprint density at radius 3 is 1.82 bits per heavy atom. The number of pyridine rings is 1. The normalized spacial score (nSPS) is 14.0. The minimum Gasteiger partial charge on any atom is -0.456 e. The second kappa shape index (κ2) is 33.7. The molecule has 22 nitrogen and oxygen atoms in total. The van der Waals surface area contributed by atoms with Crippen molar-refractivity contribution in [2.24, 2.45) is 11.1 Å². The SMILES string of the molecule is CCN(CC)c1ccc2c(c1)Oc1cc(N(CC)CC)ccc1C21c2ccccc2C(=O)N1c1ccc(CCc2cc[n+](CCc3cn(CC(=O)NCCCOCCOCCOCCOCCOCCCNc4cc(-n5nc(C)c6c5CC(C)(C)CC6=O)ccc4C(N)=O)nn3)cc2)cc1. The molecule has 4 N–H and O–H groups in total. The molecule has 11 rings (SSSR count). The highest BCUT2D eigenvalue weighted by Gasteiger charge is 2.57. The molecule has 1 spiro atoms. The van der Waals surface area contributed by atoms with Crippen molar-refractivity contribution < 1.29 is 52.2 Å². The third kappa shape index (κ3) is 16.8. The van der Waals surface area contributed by atoms with Crippen molar-refractivity contribution >= 4 is 46.3 Å². The van der Waals surface area contributed by atoms with E-state index < -0.39 is 11.4 Å². The third-order valence-electron chi connectivity index (χ3n) is 18.9. The number of aromatic nitrogens is 6. The number of nitrogens with two attached hydrogens (primary N) is 1. The molecule has 3 aliphatic rings. The molecule has 0 bridgehead atoms. The topological polar surface area (TPSA) is 236 Å². The van der Waals surface area contributed by atoms with Gasteiger partial charge in [0.25, 0.3) is 11.8 Å². The standard InChI is InChI=1S/C78H96N12O10/c1-8-86(9-2)60-25-28-66-71(49-60)100-72-50-61(87(10-3)11-4)26-29-67(72)78(66)65-17-13-12-16-63(65)76(94)89(78)59-22-20-56(21-23-59)18-19-57-30-35-85(36-31-57)37-32-58-53-88(84-82-58)54-73(92)81-34-15-39-96-41-43-98-45-47-99-46-44-97-42-40-95-38-14-33-80-68-48-62(24-27-64(68)75(79)93)90-69-51-77(6,7)52-70(91)74(69)55(5)83-90/h12-13,16-17,20-31,35-36,48-50,53H,8-11,14-15,18-19,32-34,37-47,51-52,54H2,1-7H3,(H3-,79,80,81,92,93)/p+1. The van der Waals surface area contributed by atoms with Gasteiger partial charge in [0.1, 0.15) is 23.6 Å². The van der Waals surface area contributed by atoms with Crippen molar-refractivity contribution in [1.82, 2.24) is 30.1 Å². The lowest BCUT2D eigenvalue weighted by Crippen LogP contribution is -2.47. The van der Waals surface area contributed by atoms with Crippen molar-refractivity contribution in [3.8, 4) is 17.2 Å². The molecule has 0 radical (unpaired) electrons. The molecule has 5 heterocycles. The Labute approximate surface area is 587 Å². The van der Waals surface area contributed by atoms with Gasteiger partial charge < -0.3 is 54.6 Å². The van der Waals surface area contributed by atoms with Gasteiger partial charge in [0.05, 0.1) is 93.2 Å². The Hall–Kier alpha value is -9.32. The van der Waals surface area contributed by atoms with E-state index in [1.165, 1.54) is 11.1 Å². The number of nitrogens with one attached hydrogen (secondary N) is 2. The summed E-state index contributed by atoms with van der Waals surface area (Å²) in [5.41, 5.74) is 18.3. The van der Waals surface area contributed by atoms with Gasteiger partial charge in [-0.3, -0.25) is 24.1 Å². The monoisotopic (exact) mass is 1360 g/mol. The first-order chi connectivity index (χ1) is 48.6. The predicted molar refractivity (Wildman–Crippen MR) is 386 cm³/mol. The quantitative estimate of drug-likeness (QED) is 0.0241. The Morgan fingerprint density at radius 1 is 0.650 bits per heavy atom. The van der Waals surface area contributed by atoms with E-state index in [9.17, 15) is 14.4 Å². The molecule has 8 aromatic rings. The van der Waals surface area contributed by atoms with Crippen LogP contribution in [0.15, 0.2) is 134 Å². The number of rotatable bonds is 38. The van der Waals surface area contributed by atoms with Gasteiger partial charge in [0.2, 0.25) is 5.91 Å². The van der Waals surface area contributed by atoms with Crippen LogP contribution >= 0.6 is 0 Å². The zero-order valence-corrected chi connectivity index (χ0v) is 59.1. The van der Waals surface area contributed by atoms with Crippen molar-refractivity contribution in [3.05, 3.63) is 195 Å². The van der Waals surface area contributed by atoms with Crippen LogP contribution in [0.3, 0.4) is 0 Å². The average molecular weight is 1360 g/mol. The van der Waals surface area contributed by atoms with Crippen LogP contribution in [-0.4, -0.2) is 154 Å². The number of Topliss-reactive ketones (excluding diaryl/α,β-unsaturated/α-hetero) is 1. The van der Waals surface area contributed by atoms with E-state index in [2.05, 4.69) is 168 Å². The van der Waals surface area contributed by atoms with Crippen molar-refractivity contribution in [1.29, 1.82) is 0 Å². The smallest absolute Gasteiger partial charge is 0.260 e. The Balaban J connectivity index is 0.531. The first-order valence-electron chi connectivity index (χ1n) is 35.4. The number of nitrogens with zero attached hydrogens (tertiary/aromatic N) is 9. The lowest BCUT2D eigenvalue weighted by molar-refractivity contribution is -0.696. The fourth-order valence-corrected chi connectivity index (χ4v) is 13.9. The number of anilines is 4. The Morgan fingerprint density at radius 2 is 1.22 bits per heavy atom. The van der Waals surface area contributed by atoms with Gasteiger partial charge in [-0.1, -0.05) is 61.5 Å². The van der Waals surface area contributed by atoms with Gasteiger partial charge in [-0.25, -0.2) is 13.9 Å². The first kappa shape index (κ1) is 71.9. The van der Waals surface area contributed by atoms with Crippen molar-refractivity contribution in [2.75, 3.05) is 125 Å². The Kier molecular flexibility index (Phi) is 24.2. The summed E-state index contributed by atoms with van der Waals surface area (Å²) in [6.07, 6.45) is 10.9. The highest BCUT2D eigenvalue weighted by molar-refractivity contribution is 6.14. The number of primary amides is 1. The number of fused-ring (bicyclic) bond motifs is 7. The summed E-state index contributed by atoms with van der Waals surface area (Å²) in [6.45, 7) is 24.5. The predicted octanol–water partition coefficient (Wildman–Crippen LogP) is 10.2. The van der Waals surface area contributed by atoms with E-state index in [-0.39, 0.29) is 29.6 Å². The van der Waals surface area contributed by atoms with Crippen LogP contribution in [0.4, 0.5) is 22.7 Å². The zero-order valence-electron chi connectivity index (χ0n) is 59.1. The molecule has 3 aromatic heterocycles. The van der Waals surface area contributed by atoms with Crippen LogP contribution in [-0.2, 0) is 72.8 Å². The van der Waals surface area contributed by atoms with E-state index >= 15 is 4.79 Å². The summed E-state index contributed by atoms with van der Waals surface area (Å²) in [6, 6.07) is 39.2. The van der Waals surface area contributed by atoms with E-state index in [4.69, 9.17) is 39.3 Å². The molecule has 0 atom stereocenters. The fourth-order valence-electron chi connectivity index (χ4n) is 13.9. The maximum absolute atomic E-state index is 15.0. The molecule has 528 valence electrons. The van der Waals surface area contributed by atoms with Gasteiger partial charge in [0, 0.05) is 134 Å². The number of ketones is 1. The van der Waals surface area contributed by atoms with Crippen molar-refractivity contribution in [2.45, 2.75) is 112 Å². The summed E-state index contributed by atoms with van der Waals surface area (Å²) in [5, 5.41) is 19.5.